The van der Waals surface area contributed by atoms with Crippen LogP contribution < -0.4 is 0 Å². The van der Waals surface area contributed by atoms with E-state index in [1.807, 2.05) is 0 Å². The van der Waals surface area contributed by atoms with Crippen molar-refractivity contribution in [1.29, 1.82) is 0 Å². The molecule has 0 spiro atoms. The molecular formula is C20H28O8. The average molecular weight is 396 g/mol. The number of rotatable bonds is 10. The molecule has 8 nitrogen and oxygen atoms in total. The van der Waals surface area contributed by atoms with Gasteiger partial charge in [0.25, 0.3) is 0 Å². The summed E-state index contributed by atoms with van der Waals surface area (Å²) in [6.07, 6.45) is -0.772. The SMILES string of the molecule is C=C(C)C(=O)C(O)COC(=O)C1CCCCC1C(=O)OCC(O)C(=O)C(=C)C. The van der Waals surface area contributed by atoms with Gasteiger partial charge in [-0.1, -0.05) is 26.0 Å². The molecule has 0 aromatic heterocycles. The Balaban J connectivity index is 2.64. The summed E-state index contributed by atoms with van der Waals surface area (Å²) in [5.41, 5.74) is 0.288. The first-order valence-corrected chi connectivity index (χ1v) is 9.15. The fourth-order valence-corrected chi connectivity index (χ4v) is 2.95. The second kappa shape index (κ2) is 10.9. The van der Waals surface area contributed by atoms with Gasteiger partial charge in [0.05, 0.1) is 11.8 Å². The lowest BCUT2D eigenvalue weighted by Crippen LogP contribution is -2.38. The molecule has 0 bridgehead atoms. The monoisotopic (exact) mass is 396 g/mol. The topological polar surface area (TPSA) is 127 Å². The van der Waals surface area contributed by atoms with Crippen molar-refractivity contribution in [3.63, 3.8) is 0 Å². The summed E-state index contributed by atoms with van der Waals surface area (Å²) in [5, 5.41) is 19.4. The Morgan fingerprint density at radius 3 is 1.43 bits per heavy atom. The molecule has 0 heterocycles. The predicted molar refractivity (Wildman–Crippen MR) is 99.0 cm³/mol. The maximum Gasteiger partial charge on any atom is 0.309 e. The lowest BCUT2D eigenvalue weighted by molar-refractivity contribution is -0.166. The van der Waals surface area contributed by atoms with E-state index in [0.29, 0.717) is 25.7 Å². The van der Waals surface area contributed by atoms with Crippen molar-refractivity contribution < 1.29 is 38.9 Å². The van der Waals surface area contributed by atoms with Gasteiger partial charge in [0.15, 0.2) is 23.8 Å². The van der Waals surface area contributed by atoms with E-state index in [1.54, 1.807) is 0 Å². The summed E-state index contributed by atoms with van der Waals surface area (Å²) < 4.78 is 10.0. The van der Waals surface area contributed by atoms with Gasteiger partial charge in [0, 0.05) is 0 Å². The lowest BCUT2D eigenvalue weighted by Gasteiger charge is -2.28. The molecule has 2 N–H and O–H groups in total. The van der Waals surface area contributed by atoms with E-state index >= 15 is 0 Å². The van der Waals surface area contributed by atoms with Gasteiger partial charge in [-0.2, -0.15) is 0 Å². The van der Waals surface area contributed by atoms with E-state index in [9.17, 15) is 29.4 Å². The smallest absolute Gasteiger partial charge is 0.309 e. The molecule has 1 fully saturated rings. The Kier molecular flexibility index (Phi) is 9.21. The zero-order chi connectivity index (χ0) is 21.4. The summed E-state index contributed by atoms with van der Waals surface area (Å²) in [5.74, 6) is -4.19. The Hall–Kier alpha value is -2.32. The summed E-state index contributed by atoms with van der Waals surface area (Å²) in [6, 6.07) is 0. The van der Waals surface area contributed by atoms with Crippen LogP contribution in [0, 0.1) is 11.8 Å². The maximum atomic E-state index is 12.4. The summed E-state index contributed by atoms with van der Waals surface area (Å²) in [6.45, 7) is 8.69. The van der Waals surface area contributed by atoms with Gasteiger partial charge in [0.2, 0.25) is 0 Å². The third-order valence-corrected chi connectivity index (χ3v) is 4.58. The molecule has 4 unspecified atom stereocenters. The number of carbonyl (C=O) groups excluding carboxylic acids is 4. The molecule has 8 heteroatoms. The third-order valence-electron chi connectivity index (χ3n) is 4.58. The molecule has 1 saturated carbocycles. The van der Waals surface area contributed by atoms with E-state index in [4.69, 9.17) is 9.47 Å². The van der Waals surface area contributed by atoms with Gasteiger partial charge in [0.1, 0.15) is 13.2 Å². The fraction of sp³-hybridized carbons (Fsp3) is 0.600. The zero-order valence-corrected chi connectivity index (χ0v) is 16.3. The molecule has 0 aromatic carbocycles. The van der Waals surface area contributed by atoms with E-state index in [1.165, 1.54) is 13.8 Å². The van der Waals surface area contributed by atoms with Crippen molar-refractivity contribution in [2.45, 2.75) is 51.7 Å². The molecule has 0 amide bonds. The van der Waals surface area contributed by atoms with Crippen LogP contribution in [0.5, 0.6) is 0 Å². The largest absolute Gasteiger partial charge is 0.462 e. The molecule has 0 aromatic rings. The highest BCUT2D eigenvalue weighted by Crippen LogP contribution is 2.32. The first kappa shape index (κ1) is 23.7. The quantitative estimate of drug-likeness (QED) is 0.412. The molecule has 0 radical (unpaired) electrons. The Labute approximate surface area is 164 Å². The van der Waals surface area contributed by atoms with Crippen LogP contribution in [0.15, 0.2) is 24.3 Å². The Morgan fingerprint density at radius 1 is 0.821 bits per heavy atom. The van der Waals surface area contributed by atoms with Crippen LogP contribution in [-0.4, -0.2) is 59.1 Å². The number of esters is 2. The molecule has 0 saturated heterocycles. The van der Waals surface area contributed by atoms with E-state index in [-0.39, 0.29) is 11.1 Å². The highest BCUT2D eigenvalue weighted by atomic mass is 16.6. The second-order valence-corrected chi connectivity index (χ2v) is 7.08. The third kappa shape index (κ3) is 6.69. The lowest BCUT2D eigenvalue weighted by atomic mass is 9.79. The molecule has 1 rings (SSSR count). The van der Waals surface area contributed by atoms with Gasteiger partial charge in [-0.05, 0) is 37.8 Å². The zero-order valence-electron chi connectivity index (χ0n) is 16.3. The van der Waals surface area contributed by atoms with Crippen molar-refractivity contribution in [3.8, 4) is 0 Å². The Morgan fingerprint density at radius 2 is 1.14 bits per heavy atom. The van der Waals surface area contributed by atoms with Crippen LogP contribution in [0.1, 0.15) is 39.5 Å². The first-order valence-electron chi connectivity index (χ1n) is 9.15. The van der Waals surface area contributed by atoms with Crippen molar-refractivity contribution in [1.82, 2.24) is 0 Å². The number of carbonyl (C=O) groups is 4. The number of hydrogen-bond donors (Lipinski definition) is 2. The van der Waals surface area contributed by atoms with Crippen molar-refractivity contribution in [2.24, 2.45) is 11.8 Å². The number of ether oxygens (including phenoxy) is 2. The van der Waals surface area contributed by atoms with E-state index in [0.717, 1.165) is 0 Å². The van der Waals surface area contributed by atoms with Crippen LogP contribution in [0.3, 0.4) is 0 Å². The molecule has 0 aliphatic heterocycles. The number of aliphatic hydroxyl groups is 2. The number of hydrogen-bond acceptors (Lipinski definition) is 8. The Bertz CT molecular complexity index is 595. The molecule has 1 aliphatic carbocycles. The second-order valence-electron chi connectivity index (χ2n) is 7.08. The first-order chi connectivity index (χ1) is 13.1. The minimum Gasteiger partial charge on any atom is -0.462 e. The molecule has 28 heavy (non-hydrogen) atoms. The maximum absolute atomic E-state index is 12.4. The van der Waals surface area contributed by atoms with Gasteiger partial charge in [-0.15, -0.1) is 0 Å². The van der Waals surface area contributed by atoms with Crippen LogP contribution in [0.2, 0.25) is 0 Å². The minimum absolute atomic E-state index is 0.144. The normalized spacial score (nSPS) is 21.1. The average Bonchev–Trinajstić information content (AvgIpc) is 2.68. The number of Topliss-reactive ketones (excluding diaryl/α,β-unsaturated/α-hetero) is 2. The molecule has 4 atom stereocenters. The van der Waals surface area contributed by atoms with Gasteiger partial charge >= 0.3 is 11.9 Å². The number of ketones is 2. The molecular weight excluding hydrogens is 368 g/mol. The minimum atomic E-state index is -1.50. The van der Waals surface area contributed by atoms with Crippen LogP contribution in [0.25, 0.3) is 0 Å². The van der Waals surface area contributed by atoms with Crippen LogP contribution in [0.4, 0.5) is 0 Å². The van der Waals surface area contributed by atoms with Gasteiger partial charge in [-0.3, -0.25) is 19.2 Å². The van der Waals surface area contributed by atoms with Crippen molar-refractivity contribution >= 4 is 23.5 Å². The van der Waals surface area contributed by atoms with Crippen LogP contribution >= 0.6 is 0 Å². The van der Waals surface area contributed by atoms with E-state index in [2.05, 4.69) is 13.2 Å². The fourth-order valence-electron chi connectivity index (χ4n) is 2.95. The summed E-state index contributed by atoms with van der Waals surface area (Å²) in [7, 11) is 0. The number of aliphatic hydroxyl groups excluding tert-OH is 2. The van der Waals surface area contributed by atoms with Crippen LogP contribution in [-0.2, 0) is 28.7 Å². The predicted octanol–water partition coefficient (Wildman–Crippen LogP) is 0.891. The van der Waals surface area contributed by atoms with Gasteiger partial charge in [-0.25, -0.2) is 0 Å². The summed E-state index contributed by atoms with van der Waals surface area (Å²) >= 11 is 0. The van der Waals surface area contributed by atoms with Gasteiger partial charge < -0.3 is 19.7 Å². The highest BCUT2D eigenvalue weighted by Gasteiger charge is 2.38. The molecule has 156 valence electrons. The molecule has 1 aliphatic rings. The van der Waals surface area contributed by atoms with Crippen molar-refractivity contribution in [3.05, 3.63) is 24.3 Å². The van der Waals surface area contributed by atoms with Crippen molar-refractivity contribution in [2.75, 3.05) is 13.2 Å². The summed E-state index contributed by atoms with van der Waals surface area (Å²) in [4.78, 5) is 47.9. The van der Waals surface area contributed by atoms with E-state index < -0.39 is 60.8 Å². The standard InChI is InChI=1S/C20H28O8/c1-11(2)17(23)15(21)9-27-19(25)13-7-5-6-8-14(13)20(26)28-10-16(22)18(24)12(3)4/h13-16,21-22H,1,3,5-10H2,2,4H3. The highest BCUT2D eigenvalue weighted by molar-refractivity contribution is 5.98.